The van der Waals surface area contributed by atoms with Gasteiger partial charge in [0.2, 0.25) is 11.8 Å². The van der Waals surface area contributed by atoms with Gasteiger partial charge in [0, 0.05) is 12.5 Å². The Kier molecular flexibility index (Phi) is 3.91. The first-order valence-corrected chi connectivity index (χ1v) is 8.06. The third kappa shape index (κ3) is 2.97. The van der Waals surface area contributed by atoms with Crippen molar-refractivity contribution in [2.24, 2.45) is 0 Å². The molecule has 1 atom stereocenters. The molecule has 0 fully saturated rings. The normalized spacial score (nSPS) is 16.1. The molecule has 0 aliphatic carbocycles. The number of hydrogen-bond donors (Lipinski definition) is 0. The van der Waals surface area contributed by atoms with Crippen molar-refractivity contribution >= 4 is 0 Å². The fourth-order valence-electron chi connectivity index (χ4n) is 2.87. The summed E-state index contributed by atoms with van der Waals surface area (Å²) in [4.78, 5) is 0. The van der Waals surface area contributed by atoms with Crippen LogP contribution >= 0.6 is 0 Å². The Morgan fingerprint density at radius 3 is 2.62 bits per heavy atom. The van der Waals surface area contributed by atoms with Crippen molar-refractivity contribution in [3.05, 3.63) is 60.0 Å². The second-order valence-electron chi connectivity index (χ2n) is 5.82. The summed E-state index contributed by atoms with van der Waals surface area (Å²) in [6.07, 6.45) is 1.75. The molecule has 1 aromatic heterocycles. The Morgan fingerprint density at radius 1 is 1.00 bits per heavy atom. The number of para-hydroxylation sites is 2. The Morgan fingerprint density at radius 2 is 1.79 bits per heavy atom. The van der Waals surface area contributed by atoms with Crippen LogP contribution in [0.4, 0.5) is 0 Å². The largest absolute Gasteiger partial charge is 0.486 e. The van der Waals surface area contributed by atoms with E-state index in [1.54, 1.807) is 6.92 Å². The lowest BCUT2D eigenvalue weighted by Gasteiger charge is -2.26. The van der Waals surface area contributed by atoms with Gasteiger partial charge in [-0.2, -0.15) is 0 Å². The molecular formula is C19H18N2O3. The Hall–Kier alpha value is -2.82. The highest BCUT2D eigenvalue weighted by Crippen LogP contribution is 2.32. The smallest absolute Gasteiger partial charge is 0.247 e. The topological polar surface area (TPSA) is 57.4 Å². The fourth-order valence-corrected chi connectivity index (χ4v) is 2.87. The zero-order valence-electron chi connectivity index (χ0n) is 13.4. The van der Waals surface area contributed by atoms with Crippen molar-refractivity contribution < 1.29 is 13.9 Å². The van der Waals surface area contributed by atoms with Crippen molar-refractivity contribution in [1.82, 2.24) is 10.2 Å². The van der Waals surface area contributed by atoms with Crippen molar-refractivity contribution in [2.75, 3.05) is 6.61 Å². The molecule has 0 saturated carbocycles. The lowest BCUT2D eigenvalue weighted by Crippen LogP contribution is -2.29. The summed E-state index contributed by atoms with van der Waals surface area (Å²) in [6.45, 7) is 2.36. The van der Waals surface area contributed by atoms with E-state index in [-0.39, 0.29) is 6.10 Å². The van der Waals surface area contributed by atoms with Gasteiger partial charge < -0.3 is 13.9 Å². The van der Waals surface area contributed by atoms with Crippen LogP contribution in [0.3, 0.4) is 0 Å². The van der Waals surface area contributed by atoms with E-state index in [0.29, 0.717) is 18.4 Å². The van der Waals surface area contributed by atoms with Crippen LogP contribution in [-0.4, -0.2) is 22.9 Å². The van der Waals surface area contributed by atoms with Gasteiger partial charge in [-0.25, -0.2) is 0 Å². The molecule has 24 heavy (non-hydrogen) atoms. The molecule has 2 aromatic carbocycles. The van der Waals surface area contributed by atoms with Crippen molar-refractivity contribution in [3.8, 4) is 23.0 Å². The second-order valence-corrected chi connectivity index (χ2v) is 5.82. The molecule has 1 unspecified atom stereocenters. The van der Waals surface area contributed by atoms with Gasteiger partial charge in [-0.05, 0) is 36.6 Å². The molecule has 0 spiro atoms. The minimum absolute atomic E-state index is 0.0392. The van der Waals surface area contributed by atoms with Crippen LogP contribution in [-0.2, 0) is 6.42 Å². The molecule has 0 saturated heterocycles. The number of nitrogens with zero attached hydrogens (tertiary/aromatic N) is 2. The lowest BCUT2D eigenvalue weighted by atomic mass is 10.0. The molecule has 0 bridgehead atoms. The summed E-state index contributed by atoms with van der Waals surface area (Å²) in [5.41, 5.74) is 2.15. The minimum atomic E-state index is 0.0392. The van der Waals surface area contributed by atoms with E-state index in [2.05, 4.69) is 16.3 Å². The quantitative estimate of drug-likeness (QED) is 0.731. The zero-order chi connectivity index (χ0) is 16.4. The van der Waals surface area contributed by atoms with Gasteiger partial charge >= 0.3 is 0 Å². The third-order valence-electron chi connectivity index (χ3n) is 4.08. The van der Waals surface area contributed by atoms with Crippen LogP contribution < -0.4 is 9.47 Å². The number of aryl methyl sites for hydroxylation is 2. The molecule has 1 aliphatic heterocycles. The highest BCUT2D eigenvalue weighted by Gasteiger charge is 2.21. The number of benzene rings is 2. The first-order chi connectivity index (χ1) is 11.8. The van der Waals surface area contributed by atoms with Crippen LogP contribution in [0.5, 0.6) is 11.5 Å². The fraction of sp³-hybridized carbons (Fsp3) is 0.263. The summed E-state index contributed by atoms with van der Waals surface area (Å²) in [6, 6.07) is 15.9. The van der Waals surface area contributed by atoms with Gasteiger partial charge in [0.1, 0.15) is 12.7 Å². The van der Waals surface area contributed by atoms with Crippen molar-refractivity contribution in [2.45, 2.75) is 25.9 Å². The van der Waals surface area contributed by atoms with Gasteiger partial charge in [0.05, 0.1) is 0 Å². The standard InChI is InChI=1S/C19H18N2O3/c1-13-20-21-19(23-13)16-7-3-2-6-14(16)10-11-15-12-22-17-8-4-5-9-18(17)24-15/h2-9,15H,10-12H2,1H3. The molecule has 5 nitrogen and oxygen atoms in total. The van der Waals surface area contributed by atoms with Crippen molar-refractivity contribution in [3.63, 3.8) is 0 Å². The molecular weight excluding hydrogens is 304 g/mol. The highest BCUT2D eigenvalue weighted by molar-refractivity contribution is 5.58. The average Bonchev–Trinajstić information content (AvgIpc) is 3.06. The minimum Gasteiger partial charge on any atom is -0.486 e. The summed E-state index contributed by atoms with van der Waals surface area (Å²) < 4.78 is 17.4. The SMILES string of the molecule is Cc1nnc(-c2ccccc2CCC2COc3ccccc3O2)o1. The molecule has 4 rings (SSSR count). The van der Waals surface area contributed by atoms with Crippen LogP contribution in [0.25, 0.3) is 11.5 Å². The zero-order valence-corrected chi connectivity index (χ0v) is 13.4. The Bertz CT molecular complexity index is 844. The molecule has 0 N–H and O–H groups in total. The van der Waals surface area contributed by atoms with Crippen LogP contribution in [0.1, 0.15) is 17.9 Å². The maximum Gasteiger partial charge on any atom is 0.247 e. The maximum atomic E-state index is 6.03. The van der Waals surface area contributed by atoms with E-state index >= 15 is 0 Å². The monoisotopic (exact) mass is 322 g/mol. The van der Waals surface area contributed by atoms with Crippen LogP contribution in [0.2, 0.25) is 0 Å². The molecule has 1 aliphatic rings. The van der Waals surface area contributed by atoms with Gasteiger partial charge in [-0.1, -0.05) is 30.3 Å². The Labute approximate surface area is 140 Å². The average molecular weight is 322 g/mol. The van der Waals surface area contributed by atoms with E-state index in [1.165, 1.54) is 5.56 Å². The molecule has 122 valence electrons. The summed E-state index contributed by atoms with van der Waals surface area (Å²) in [5.74, 6) is 2.76. The molecule has 0 radical (unpaired) electrons. The van der Waals surface area contributed by atoms with E-state index < -0.39 is 0 Å². The van der Waals surface area contributed by atoms with Crippen LogP contribution in [0, 0.1) is 6.92 Å². The lowest BCUT2D eigenvalue weighted by molar-refractivity contribution is 0.0851. The Balaban J connectivity index is 1.47. The van der Waals surface area contributed by atoms with E-state index in [0.717, 1.165) is 29.9 Å². The summed E-state index contributed by atoms with van der Waals surface area (Å²) >= 11 is 0. The van der Waals surface area contributed by atoms with E-state index in [9.17, 15) is 0 Å². The molecule has 3 aromatic rings. The van der Waals surface area contributed by atoms with Crippen LogP contribution in [0.15, 0.2) is 52.9 Å². The van der Waals surface area contributed by atoms with E-state index in [4.69, 9.17) is 13.9 Å². The molecule has 0 amide bonds. The summed E-state index contributed by atoms with van der Waals surface area (Å²) in [7, 11) is 0. The predicted molar refractivity (Wildman–Crippen MR) is 89.1 cm³/mol. The third-order valence-corrected chi connectivity index (χ3v) is 4.08. The number of ether oxygens (including phenoxy) is 2. The molecule has 2 heterocycles. The van der Waals surface area contributed by atoms with Gasteiger partial charge in [-0.15, -0.1) is 10.2 Å². The summed E-state index contributed by atoms with van der Waals surface area (Å²) in [5, 5.41) is 8.05. The number of fused-ring (bicyclic) bond motifs is 1. The number of hydrogen-bond acceptors (Lipinski definition) is 5. The highest BCUT2D eigenvalue weighted by atomic mass is 16.6. The number of rotatable bonds is 4. The van der Waals surface area contributed by atoms with E-state index in [1.807, 2.05) is 42.5 Å². The van der Waals surface area contributed by atoms with Gasteiger partial charge in [0.25, 0.3) is 0 Å². The first-order valence-electron chi connectivity index (χ1n) is 8.06. The predicted octanol–water partition coefficient (Wildman–Crippen LogP) is 3.82. The van der Waals surface area contributed by atoms with Crippen molar-refractivity contribution in [1.29, 1.82) is 0 Å². The maximum absolute atomic E-state index is 6.03. The first kappa shape index (κ1) is 14.8. The number of aromatic nitrogens is 2. The van der Waals surface area contributed by atoms with Gasteiger partial charge in [0.15, 0.2) is 11.5 Å². The van der Waals surface area contributed by atoms with Gasteiger partial charge in [-0.3, -0.25) is 0 Å². The second kappa shape index (κ2) is 6.35. The molecule has 5 heteroatoms.